The van der Waals surface area contributed by atoms with Gasteiger partial charge in [-0.1, -0.05) is 18.2 Å². The Hall–Kier alpha value is -3.60. The maximum Gasteiger partial charge on any atom is 0.416 e. The number of nitro groups is 1. The van der Waals surface area contributed by atoms with Crippen molar-refractivity contribution >= 4 is 29.2 Å². The number of carbonyl (C=O) groups excluding carboxylic acids is 2. The number of esters is 2. The molecule has 0 radical (unpaired) electrons. The average molecular weight is 488 g/mol. The maximum atomic E-state index is 12.8. The number of ether oxygens (including phenoxy) is 3. The Labute approximate surface area is 190 Å². The minimum absolute atomic E-state index is 0.0654. The first-order valence-corrected chi connectivity index (χ1v) is 9.62. The van der Waals surface area contributed by atoms with Crippen molar-refractivity contribution in [2.45, 2.75) is 26.1 Å². The van der Waals surface area contributed by atoms with Gasteiger partial charge in [-0.3, -0.25) is 10.1 Å². The zero-order valence-electron chi connectivity index (χ0n) is 17.3. The van der Waals surface area contributed by atoms with Crippen molar-refractivity contribution in [2.24, 2.45) is 0 Å². The van der Waals surface area contributed by atoms with Crippen molar-refractivity contribution in [3.63, 3.8) is 0 Å². The van der Waals surface area contributed by atoms with Crippen molar-refractivity contribution in [1.29, 1.82) is 0 Å². The average Bonchev–Trinajstić information content (AvgIpc) is 2.73. The Morgan fingerprint density at radius 2 is 1.88 bits per heavy atom. The Morgan fingerprint density at radius 1 is 1.21 bits per heavy atom. The molecule has 8 nitrogen and oxygen atoms in total. The Morgan fingerprint density at radius 3 is 2.42 bits per heavy atom. The number of alkyl halides is 3. The van der Waals surface area contributed by atoms with Crippen LogP contribution in [-0.2, 0) is 20.4 Å². The molecule has 2 rings (SSSR count). The van der Waals surface area contributed by atoms with Gasteiger partial charge < -0.3 is 14.2 Å². The third-order valence-electron chi connectivity index (χ3n) is 4.18. The van der Waals surface area contributed by atoms with Crippen LogP contribution >= 0.6 is 11.6 Å². The second kappa shape index (κ2) is 10.3. The van der Waals surface area contributed by atoms with Gasteiger partial charge in [0, 0.05) is 12.1 Å². The molecule has 0 bridgehead atoms. The number of nitrogens with zero attached hydrogens (tertiary/aromatic N) is 1. The lowest BCUT2D eigenvalue weighted by atomic mass is 10.1. The standard InChI is InChI=1S/C21H17ClF3NO7/c1-4-31-19(27)11(2)12(3)32-20(28)15-10-14(6-7-17(15)26(29)30)33-18-8-5-13(9-16(18)22)21(23,24)25/h5-10,12H,2,4H2,1,3H3. The van der Waals surface area contributed by atoms with Gasteiger partial charge in [-0.25, -0.2) is 9.59 Å². The smallest absolute Gasteiger partial charge is 0.416 e. The fourth-order valence-electron chi connectivity index (χ4n) is 2.47. The molecule has 1 atom stereocenters. The largest absolute Gasteiger partial charge is 0.463 e. The molecule has 0 aromatic heterocycles. The Bertz CT molecular complexity index is 1100. The first-order chi connectivity index (χ1) is 15.3. The number of nitro benzene ring substituents is 1. The van der Waals surface area contributed by atoms with Crippen molar-refractivity contribution in [1.82, 2.24) is 0 Å². The molecule has 12 heteroatoms. The second-order valence-electron chi connectivity index (χ2n) is 6.47. The lowest BCUT2D eigenvalue weighted by molar-refractivity contribution is -0.385. The SMILES string of the molecule is C=C(C(=O)OCC)C(C)OC(=O)c1cc(Oc2ccc(C(F)(F)F)cc2Cl)ccc1[N+](=O)[O-]. The molecule has 0 spiro atoms. The van der Waals surface area contributed by atoms with E-state index in [1.54, 1.807) is 6.92 Å². The molecular formula is C21H17ClF3NO7. The Kier molecular flexibility index (Phi) is 8.04. The molecule has 176 valence electrons. The zero-order chi connectivity index (χ0) is 24.9. The summed E-state index contributed by atoms with van der Waals surface area (Å²) in [7, 11) is 0. The lowest BCUT2D eigenvalue weighted by Gasteiger charge is -2.15. The number of carbonyl (C=O) groups is 2. The summed E-state index contributed by atoms with van der Waals surface area (Å²) in [5, 5.41) is 11.0. The topological polar surface area (TPSA) is 105 Å². The maximum absolute atomic E-state index is 12.8. The van der Waals surface area contributed by atoms with Gasteiger partial charge in [-0.05, 0) is 38.1 Å². The van der Waals surface area contributed by atoms with Crippen LogP contribution in [-0.4, -0.2) is 29.6 Å². The van der Waals surface area contributed by atoms with E-state index in [1.165, 1.54) is 6.92 Å². The van der Waals surface area contributed by atoms with E-state index in [0.717, 1.165) is 30.3 Å². The number of hydrogen-bond donors (Lipinski definition) is 0. The molecule has 0 N–H and O–H groups in total. The van der Waals surface area contributed by atoms with Crippen LogP contribution < -0.4 is 4.74 Å². The summed E-state index contributed by atoms with van der Waals surface area (Å²) in [6, 6.07) is 5.41. The normalized spacial score (nSPS) is 11.9. The predicted molar refractivity (Wildman–Crippen MR) is 110 cm³/mol. The van der Waals surface area contributed by atoms with Crippen molar-refractivity contribution in [3.8, 4) is 11.5 Å². The van der Waals surface area contributed by atoms with Crippen LogP contribution in [0.15, 0.2) is 48.6 Å². The van der Waals surface area contributed by atoms with Crippen LogP contribution in [0.5, 0.6) is 11.5 Å². The number of benzene rings is 2. The number of rotatable bonds is 8. The third-order valence-corrected chi connectivity index (χ3v) is 4.48. The van der Waals surface area contributed by atoms with Gasteiger partial charge in [-0.15, -0.1) is 0 Å². The summed E-state index contributed by atoms with van der Waals surface area (Å²) in [6.07, 6.45) is -5.78. The summed E-state index contributed by atoms with van der Waals surface area (Å²) < 4.78 is 53.6. The first-order valence-electron chi connectivity index (χ1n) is 9.25. The van der Waals surface area contributed by atoms with Gasteiger partial charge in [-0.2, -0.15) is 13.2 Å². The van der Waals surface area contributed by atoms with Crippen LogP contribution in [0, 0.1) is 10.1 Å². The number of hydrogen-bond acceptors (Lipinski definition) is 7. The van der Waals surface area contributed by atoms with Gasteiger partial charge >= 0.3 is 18.1 Å². The molecule has 0 aliphatic carbocycles. The molecule has 2 aromatic rings. The van der Waals surface area contributed by atoms with Crippen LogP contribution in [0.25, 0.3) is 0 Å². The van der Waals surface area contributed by atoms with Crippen molar-refractivity contribution in [2.75, 3.05) is 6.61 Å². The minimum Gasteiger partial charge on any atom is -0.463 e. The van der Waals surface area contributed by atoms with E-state index in [2.05, 4.69) is 6.58 Å². The fraction of sp³-hybridized carbons (Fsp3) is 0.238. The Balaban J connectivity index is 2.31. The van der Waals surface area contributed by atoms with Gasteiger partial charge in [0.05, 0.1) is 27.7 Å². The molecule has 0 aliphatic rings. The molecule has 1 unspecified atom stereocenters. The highest BCUT2D eigenvalue weighted by Gasteiger charge is 2.31. The minimum atomic E-state index is -4.61. The van der Waals surface area contributed by atoms with Gasteiger partial charge in [0.15, 0.2) is 0 Å². The molecule has 0 heterocycles. The highest BCUT2D eigenvalue weighted by Crippen LogP contribution is 2.37. The second-order valence-corrected chi connectivity index (χ2v) is 6.88. The predicted octanol–water partition coefficient (Wildman–Crippen LogP) is 5.72. The molecule has 0 saturated carbocycles. The quantitative estimate of drug-likeness (QED) is 0.203. The summed E-state index contributed by atoms with van der Waals surface area (Å²) >= 11 is 5.85. The van der Waals surface area contributed by atoms with E-state index in [9.17, 15) is 32.9 Å². The highest BCUT2D eigenvalue weighted by atomic mass is 35.5. The van der Waals surface area contributed by atoms with E-state index in [4.69, 9.17) is 25.8 Å². The van der Waals surface area contributed by atoms with Crippen LogP contribution in [0.3, 0.4) is 0 Å². The highest BCUT2D eigenvalue weighted by molar-refractivity contribution is 6.32. The van der Waals surface area contributed by atoms with Gasteiger partial charge in [0.25, 0.3) is 5.69 Å². The molecular weight excluding hydrogens is 471 g/mol. The summed E-state index contributed by atoms with van der Waals surface area (Å²) in [6.45, 7) is 6.44. The van der Waals surface area contributed by atoms with E-state index in [1.807, 2.05) is 0 Å². The third kappa shape index (κ3) is 6.45. The summed E-state index contributed by atoms with van der Waals surface area (Å²) in [4.78, 5) is 34.8. The summed E-state index contributed by atoms with van der Waals surface area (Å²) in [5.41, 5.74) is -2.33. The van der Waals surface area contributed by atoms with E-state index >= 15 is 0 Å². The number of halogens is 4. The molecule has 0 aliphatic heterocycles. The molecule has 0 saturated heterocycles. The van der Waals surface area contributed by atoms with E-state index < -0.39 is 46.0 Å². The zero-order valence-corrected chi connectivity index (χ0v) is 18.0. The van der Waals surface area contributed by atoms with Gasteiger partial charge in [0.1, 0.15) is 23.2 Å². The molecule has 33 heavy (non-hydrogen) atoms. The molecule has 0 fully saturated rings. The fourth-order valence-corrected chi connectivity index (χ4v) is 2.69. The van der Waals surface area contributed by atoms with Gasteiger partial charge in [0.2, 0.25) is 0 Å². The first kappa shape index (κ1) is 25.7. The molecule has 0 amide bonds. The van der Waals surface area contributed by atoms with Crippen LogP contribution in [0.1, 0.15) is 29.8 Å². The van der Waals surface area contributed by atoms with Crippen molar-refractivity contribution in [3.05, 3.63) is 74.8 Å². The summed E-state index contributed by atoms with van der Waals surface area (Å²) in [5.74, 6) is -2.28. The van der Waals surface area contributed by atoms with Crippen LogP contribution in [0.4, 0.5) is 18.9 Å². The van der Waals surface area contributed by atoms with Crippen molar-refractivity contribution < 1.29 is 41.9 Å². The molecule has 2 aromatic carbocycles. The monoisotopic (exact) mass is 487 g/mol. The lowest BCUT2D eigenvalue weighted by Crippen LogP contribution is -2.23. The van der Waals surface area contributed by atoms with Crippen LogP contribution in [0.2, 0.25) is 5.02 Å². The van der Waals surface area contributed by atoms with E-state index in [-0.39, 0.29) is 28.7 Å². The van der Waals surface area contributed by atoms with E-state index in [0.29, 0.717) is 6.07 Å².